The lowest BCUT2D eigenvalue weighted by atomic mass is 10.0. The summed E-state index contributed by atoms with van der Waals surface area (Å²) < 4.78 is 0. The Morgan fingerprint density at radius 3 is 1.91 bits per heavy atom. The number of hydrogen-bond acceptors (Lipinski definition) is 3. The molecule has 1 N–H and O–H groups in total. The average molecular weight is 424 g/mol. The van der Waals surface area contributed by atoms with E-state index in [0.29, 0.717) is 13.1 Å². The van der Waals surface area contributed by atoms with E-state index in [9.17, 15) is 10.1 Å². The minimum atomic E-state index is -0.370. The Morgan fingerprint density at radius 1 is 0.906 bits per heavy atom. The maximum atomic E-state index is 12.9. The van der Waals surface area contributed by atoms with Crippen LogP contribution in [0.1, 0.15) is 42.1 Å². The predicted octanol–water partition coefficient (Wildman–Crippen LogP) is 5.54. The molecule has 0 spiro atoms. The lowest BCUT2D eigenvalue weighted by Crippen LogP contribution is -2.29. The first-order valence-electron chi connectivity index (χ1n) is 10.9. The zero-order valence-electron chi connectivity index (χ0n) is 18.7. The molecular weight excluding hydrogens is 394 g/mol. The Morgan fingerprint density at radius 2 is 1.44 bits per heavy atom. The van der Waals surface area contributed by atoms with E-state index in [-0.39, 0.29) is 17.5 Å². The quantitative estimate of drug-likeness (QED) is 0.363. The van der Waals surface area contributed by atoms with Crippen molar-refractivity contribution in [1.29, 1.82) is 5.26 Å². The molecule has 162 valence electrons. The van der Waals surface area contributed by atoms with Gasteiger partial charge in [-0.25, -0.2) is 0 Å². The average Bonchev–Trinajstić information content (AvgIpc) is 2.83. The van der Waals surface area contributed by atoms with E-state index < -0.39 is 0 Å². The van der Waals surface area contributed by atoms with E-state index in [0.717, 1.165) is 23.1 Å². The fourth-order valence-electron chi connectivity index (χ4n) is 3.50. The van der Waals surface area contributed by atoms with Crippen molar-refractivity contribution in [2.45, 2.75) is 39.4 Å². The van der Waals surface area contributed by atoms with Crippen molar-refractivity contribution in [2.24, 2.45) is 0 Å². The molecule has 0 aliphatic heterocycles. The van der Waals surface area contributed by atoms with Crippen molar-refractivity contribution in [3.05, 3.63) is 119 Å². The fourth-order valence-corrected chi connectivity index (χ4v) is 3.50. The number of nitrogens with one attached hydrogen (secondary N) is 1. The smallest absolute Gasteiger partial charge is 0.263 e. The van der Waals surface area contributed by atoms with Crippen molar-refractivity contribution in [2.75, 3.05) is 0 Å². The number of nitrogens with zero attached hydrogens (tertiary/aromatic N) is 2. The summed E-state index contributed by atoms with van der Waals surface area (Å²) >= 11 is 0. The van der Waals surface area contributed by atoms with Gasteiger partial charge in [0.05, 0.1) is 6.04 Å². The van der Waals surface area contributed by atoms with Gasteiger partial charge in [-0.05, 0) is 35.6 Å². The predicted molar refractivity (Wildman–Crippen MR) is 128 cm³/mol. The third-order valence-electron chi connectivity index (χ3n) is 5.37. The third-order valence-corrected chi connectivity index (χ3v) is 5.37. The second kappa shape index (κ2) is 11.5. The van der Waals surface area contributed by atoms with Crippen molar-refractivity contribution in [3.8, 4) is 6.07 Å². The van der Waals surface area contributed by atoms with E-state index in [1.807, 2.05) is 84.6 Å². The molecule has 0 aromatic heterocycles. The molecule has 1 amide bonds. The highest BCUT2D eigenvalue weighted by atomic mass is 16.1. The van der Waals surface area contributed by atoms with Gasteiger partial charge in [0.2, 0.25) is 0 Å². The summed E-state index contributed by atoms with van der Waals surface area (Å²) in [5.41, 5.74) is 4.58. The van der Waals surface area contributed by atoms with Gasteiger partial charge in [-0.3, -0.25) is 4.79 Å². The topological polar surface area (TPSA) is 56.1 Å². The van der Waals surface area contributed by atoms with Gasteiger partial charge in [0.1, 0.15) is 11.6 Å². The molecule has 3 rings (SSSR count). The maximum absolute atomic E-state index is 12.9. The molecule has 4 nitrogen and oxygen atoms in total. The van der Waals surface area contributed by atoms with Gasteiger partial charge >= 0.3 is 0 Å². The molecule has 3 aromatic carbocycles. The number of rotatable bonds is 9. The monoisotopic (exact) mass is 423 g/mol. The van der Waals surface area contributed by atoms with Crippen LogP contribution in [0.5, 0.6) is 0 Å². The van der Waals surface area contributed by atoms with E-state index in [4.69, 9.17) is 0 Å². The van der Waals surface area contributed by atoms with Crippen LogP contribution < -0.4 is 5.32 Å². The summed E-state index contributed by atoms with van der Waals surface area (Å²) in [7, 11) is 0. The van der Waals surface area contributed by atoms with Gasteiger partial charge in [0, 0.05) is 19.3 Å². The largest absolute Gasteiger partial charge is 0.367 e. The van der Waals surface area contributed by atoms with Crippen molar-refractivity contribution in [1.82, 2.24) is 10.2 Å². The molecule has 1 atom stereocenters. The molecule has 0 heterocycles. The Labute approximate surface area is 190 Å². The summed E-state index contributed by atoms with van der Waals surface area (Å²) in [6, 6.07) is 30.2. The highest BCUT2D eigenvalue weighted by Gasteiger charge is 2.16. The molecule has 0 fully saturated rings. The highest BCUT2D eigenvalue weighted by molar-refractivity contribution is 5.97. The number of aryl methyl sites for hydroxylation is 1. The van der Waals surface area contributed by atoms with Crippen LogP contribution in [0.3, 0.4) is 0 Å². The number of benzene rings is 3. The van der Waals surface area contributed by atoms with E-state index in [2.05, 4.69) is 30.4 Å². The fraction of sp³-hybridized carbons (Fsp3) is 0.214. The highest BCUT2D eigenvalue weighted by Crippen LogP contribution is 2.16. The summed E-state index contributed by atoms with van der Waals surface area (Å²) in [5.74, 6) is -0.370. The van der Waals surface area contributed by atoms with Crippen molar-refractivity contribution < 1.29 is 4.79 Å². The van der Waals surface area contributed by atoms with Crippen LogP contribution >= 0.6 is 0 Å². The standard InChI is InChI=1S/C28H29N3O/c1-3-23-14-16-26(17-15-23)22(2)30-28(32)27(18-29)21-31(19-24-10-6-4-7-11-24)20-25-12-8-5-9-13-25/h4-17,21-22H,3,19-20H2,1-2H3,(H,30,32)/b27-21-. The molecule has 0 radical (unpaired) electrons. The van der Waals surface area contributed by atoms with Crippen molar-refractivity contribution in [3.63, 3.8) is 0 Å². The first-order chi connectivity index (χ1) is 15.6. The summed E-state index contributed by atoms with van der Waals surface area (Å²) in [5, 5.41) is 12.7. The molecule has 32 heavy (non-hydrogen) atoms. The van der Waals surface area contributed by atoms with Crippen LogP contribution in [0.2, 0.25) is 0 Å². The second-order valence-electron chi connectivity index (χ2n) is 7.82. The molecule has 3 aromatic rings. The molecule has 0 bridgehead atoms. The zero-order valence-corrected chi connectivity index (χ0v) is 18.7. The first kappa shape index (κ1) is 22.8. The summed E-state index contributed by atoms with van der Waals surface area (Å²) in [6.45, 7) is 5.24. The van der Waals surface area contributed by atoms with Crippen molar-refractivity contribution >= 4 is 5.91 Å². The molecule has 1 unspecified atom stereocenters. The van der Waals surface area contributed by atoms with Crippen LogP contribution in [0.4, 0.5) is 0 Å². The van der Waals surface area contributed by atoms with Gasteiger partial charge < -0.3 is 10.2 Å². The summed E-state index contributed by atoms with van der Waals surface area (Å²) in [4.78, 5) is 14.9. The molecule has 4 heteroatoms. The SMILES string of the molecule is CCc1ccc(C(C)NC(=O)/C(C#N)=C\N(Cc2ccccc2)Cc2ccccc2)cc1. The Balaban J connectivity index is 1.77. The number of amides is 1. The van der Waals surface area contributed by atoms with Gasteiger partial charge in [-0.2, -0.15) is 5.26 Å². The van der Waals surface area contributed by atoms with Crippen LogP contribution in [0.25, 0.3) is 0 Å². The van der Waals surface area contributed by atoms with Gasteiger partial charge in [-0.15, -0.1) is 0 Å². The summed E-state index contributed by atoms with van der Waals surface area (Å²) in [6.07, 6.45) is 2.64. The second-order valence-corrected chi connectivity index (χ2v) is 7.82. The number of carbonyl (C=O) groups excluding carboxylic acids is 1. The van der Waals surface area contributed by atoms with Gasteiger partial charge in [0.15, 0.2) is 0 Å². The Bertz CT molecular complexity index is 1030. The number of carbonyl (C=O) groups is 1. The molecule has 0 aliphatic rings. The molecule has 0 saturated heterocycles. The first-order valence-corrected chi connectivity index (χ1v) is 10.9. The normalized spacial score (nSPS) is 12.0. The number of hydrogen-bond donors (Lipinski definition) is 1. The zero-order chi connectivity index (χ0) is 22.8. The van der Waals surface area contributed by atoms with Crippen LogP contribution in [0, 0.1) is 11.3 Å². The maximum Gasteiger partial charge on any atom is 0.263 e. The lowest BCUT2D eigenvalue weighted by Gasteiger charge is -2.22. The van der Waals surface area contributed by atoms with Crippen LogP contribution in [0.15, 0.2) is 96.7 Å². The Kier molecular flexibility index (Phi) is 8.22. The van der Waals surface area contributed by atoms with Gasteiger partial charge in [0.25, 0.3) is 5.91 Å². The Hall–Kier alpha value is -3.84. The minimum absolute atomic E-state index is 0.0916. The van der Waals surface area contributed by atoms with E-state index in [1.165, 1.54) is 5.56 Å². The van der Waals surface area contributed by atoms with E-state index >= 15 is 0 Å². The van der Waals surface area contributed by atoms with Gasteiger partial charge in [-0.1, -0.05) is 91.9 Å². The molecule has 0 saturated carbocycles. The van der Waals surface area contributed by atoms with E-state index in [1.54, 1.807) is 6.20 Å². The molecule has 0 aliphatic carbocycles. The lowest BCUT2D eigenvalue weighted by molar-refractivity contribution is -0.117. The van der Waals surface area contributed by atoms with Crippen LogP contribution in [-0.2, 0) is 24.3 Å². The minimum Gasteiger partial charge on any atom is -0.367 e. The third kappa shape index (κ3) is 6.58. The molecular formula is C28H29N3O. The van der Waals surface area contributed by atoms with Crippen LogP contribution in [-0.4, -0.2) is 10.8 Å². The number of nitriles is 1.